The van der Waals surface area contributed by atoms with Gasteiger partial charge in [-0.3, -0.25) is 4.79 Å². The number of benzene rings is 1. The number of rotatable bonds is 5. The number of oxazole rings is 1. The molecular weight excluding hydrogens is 313 g/mol. The third kappa shape index (κ3) is 5.04. The molecule has 0 aliphatic carbocycles. The Morgan fingerprint density at radius 3 is 2.62 bits per heavy atom. The molecular formula is C14H19Cl2N3O2. The number of halogens is 2. The standard InChI is InChI=1S/C14H17N3O2.2ClH/c1-3-15-8-11-6-4-5-7-12(11)17-14(18)13-10(2)16-9-19-13;;/h4-7,9,15H,3,8H2,1-2H3,(H,17,18);2*1H. The van der Waals surface area contributed by atoms with Crippen LogP contribution in [0.5, 0.6) is 0 Å². The van der Waals surface area contributed by atoms with E-state index in [4.69, 9.17) is 4.42 Å². The number of nitrogens with one attached hydrogen (secondary N) is 2. The van der Waals surface area contributed by atoms with Crippen molar-refractivity contribution in [3.63, 3.8) is 0 Å². The fourth-order valence-corrected chi connectivity index (χ4v) is 1.75. The first kappa shape index (κ1) is 19.4. The summed E-state index contributed by atoms with van der Waals surface area (Å²) in [5, 5.41) is 6.09. The first-order valence-electron chi connectivity index (χ1n) is 6.22. The first-order valence-corrected chi connectivity index (χ1v) is 6.22. The van der Waals surface area contributed by atoms with E-state index >= 15 is 0 Å². The number of nitrogens with zero attached hydrogens (tertiary/aromatic N) is 1. The highest BCUT2D eigenvalue weighted by atomic mass is 35.5. The summed E-state index contributed by atoms with van der Waals surface area (Å²) < 4.78 is 5.08. The van der Waals surface area contributed by atoms with Gasteiger partial charge in [-0.05, 0) is 25.1 Å². The molecule has 0 atom stereocenters. The number of aromatic nitrogens is 1. The Morgan fingerprint density at radius 1 is 1.29 bits per heavy atom. The Bertz CT molecular complexity index is 573. The van der Waals surface area contributed by atoms with Gasteiger partial charge in [0.15, 0.2) is 6.39 Å². The van der Waals surface area contributed by atoms with Gasteiger partial charge in [0.2, 0.25) is 5.76 Å². The minimum atomic E-state index is -0.279. The van der Waals surface area contributed by atoms with Crippen LogP contribution in [-0.2, 0) is 6.54 Å². The molecule has 0 fully saturated rings. The Morgan fingerprint density at radius 2 is 2.00 bits per heavy atom. The molecule has 0 saturated carbocycles. The second-order valence-electron chi connectivity index (χ2n) is 4.16. The van der Waals surface area contributed by atoms with Gasteiger partial charge in [0.05, 0.1) is 5.69 Å². The van der Waals surface area contributed by atoms with Crippen LogP contribution in [0, 0.1) is 6.92 Å². The van der Waals surface area contributed by atoms with Crippen molar-refractivity contribution in [2.75, 3.05) is 11.9 Å². The molecule has 0 aliphatic rings. The van der Waals surface area contributed by atoms with E-state index in [1.54, 1.807) is 6.92 Å². The van der Waals surface area contributed by atoms with E-state index in [0.717, 1.165) is 17.8 Å². The molecule has 1 aromatic heterocycles. The molecule has 2 N–H and O–H groups in total. The summed E-state index contributed by atoms with van der Waals surface area (Å²) in [4.78, 5) is 16.0. The van der Waals surface area contributed by atoms with Crippen molar-refractivity contribution in [1.82, 2.24) is 10.3 Å². The van der Waals surface area contributed by atoms with E-state index in [-0.39, 0.29) is 36.5 Å². The normalized spacial score (nSPS) is 9.43. The Kier molecular flexibility index (Phi) is 8.69. The van der Waals surface area contributed by atoms with E-state index in [1.165, 1.54) is 6.39 Å². The SMILES string of the molecule is CCNCc1ccccc1NC(=O)c1ocnc1C.Cl.Cl. The fourth-order valence-electron chi connectivity index (χ4n) is 1.75. The smallest absolute Gasteiger partial charge is 0.293 e. The predicted molar refractivity (Wildman–Crippen MR) is 87.5 cm³/mol. The number of amides is 1. The third-order valence-electron chi connectivity index (χ3n) is 2.78. The zero-order valence-corrected chi connectivity index (χ0v) is 13.5. The lowest BCUT2D eigenvalue weighted by Crippen LogP contribution is -2.17. The summed E-state index contributed by atoms with van der Waals surface area (Å²) in [5.41, 5.74) is 2.40. The van der Waals surface area contributed by atoms with E-state index in [9.17, 15) is 4.79 Å². The maximum absolute atomic E-state index is 12.1. The topological polar surface area (TPSA) is 67.2 Å². The lowest BCUT2D eigenvalue weighted by atomic mass is 10.1. The number of hydrogen-bond acceptors (Lipinski definition) is 4. The fraction of sp³-hybridized carbons (Fsp3) is 0.286. The molecule has 116 valence electrons. The van der Waals surface area contributed by atoms with Gasteiger partial charge in [-0.25, -0.2) is 4.98 Å². The van der Waals surface area contributed by atoms with Crippen molar-refractivity contribution in [2.24, 2.45) is 0 Å². The van der Waals surface area contributed by atoms with Gasteiger partial charge in [0.25, 0.3) is 5.91 Å². The summed E-state index contributed by atoms with van der Waals surface area (Å²) in [5.74, 6) is -0.0304. The van der Waals surface area contributed by atoms with Crippen LogP contribution in [0.3, 0.4) is 0 Å². The number of carbonyl (C=O) groups excluding carboxylic acids is 1. The average Bonchev–Trinajstić information content (AvgIpc) is 2.84. The van der Waals surface area contributed by atoms with Gasteiger partial charge in [0.1, 0.15) is 0 Å². The molecule has 0 radical (unpaired) electrons. The Hall–Kier alpha value is -1.56. The minimum Gasteiger partial charge on any atom is -0.438 e. The van der Waals surface area contributed by atoms with Crippen molar-refractivity contribution < 1.29 is 9.21 Å². The highest BCUT2D eigenvalue weighted by Crippen LogP contribution is 2.16. The largest absolute Gasteiger partial charge is 0.438 e. The monoisotopic (exact) mass is 331 g/mol. The Labute approximate surface area is 136 Å². The molecule has 0 bridgehead atoms. The Balaban J connectivity index is 0.00000200. The van der Waals surface area contributed by atoms with E-state index in [2.05, 4.69) is 15.6 Å². The molecule has 2 rings (SSSR count). The van der Waals surface area contributed by atoms with Crippen LogP contribution in [0.4, 0.5) is 5.69 Å². The summed E-state index contributed by atoms with van der Waals surface area (Å²) in [7, 11) is 0. The van der Waals surface area contributed by atoms with Crippen molar-refractivity contribution in [3.8, 4) is 0 Å². The van der Waals surface area contributed by atoms with Crippen LogP contribution < -0.4 is 10.6 Å². The second kappa shape index (κ2) is 9.39. The van der Waals surface area contributed by atoms with Crippen LogP contribution >= 0.6 is 24.8 Å². The maximum Gasteiger partial charge on any atom is 0.293 e. The zero-order valence-electron chi connectivity index (χ0n) is 11.9. The highest BCUT2D eigenvalue weighted by molar-refractivity contribution is 6.03. The van der Waals surface area contributed by atoms with Gasteiger partial charge >= 0.3 is 0 Å². The predicted octanol–water partition coefficient (Wildman–Crippen LogP) is 3.19. The summed E-state index contributed by atoms with van der Waals surface area (Å²) in [6.45, 7) is 5.37. The molecule has 0 spiro atoms. The van der Waals surface area contributed by atoms with Gasteiger partial charge in [0, 0.05) is 12.2 Å². The second-order valence-corrected chi connectivity index (χ2v) is 4.16. The molecule has 5 nitrogen and oxygen atoms in total. The van der Waals surface area contributed by atoms with Gasteiger partial charge < -0.3 is 15.1 Å². The number of carbonyl (C=O) groups is 1. The van der Waals surface area contributed by atoms with E-state index in [0.29, 0.717) is 12.2 Å². The average molecular weight is 332 g/mol. The molecule has 0 aliphatic heterocycles. The van der Waals surface area contributed by atoms with E-state index < -0.39 is 0 Å². The first-order chi connectivity index (χ1) is 9.22. The lowest BCUT2D eigenvalue weighted by Gasteiger charge is -2.10. The van der Waals surface area contributed by atoms with Crippen LogP contribution in [0.1, 0.15) is 28.7 Å². The van der Waals surface area contributed by atoms with Crippen molar-refractivity contribution in [2.45, 2.75) is 20.4 Å². The summed E-state index contributed by atoms with van der Waals surface area (Å²) in [6, 6.07) is 7.68. The summed E-state index contributed by atoms with van der Waals surface area (Å²) >= 11 is 0. The summed E-state index contributed by atoms with van der Waals surface area (Å²) in [6.07, 6.45) is 1.27. The molecule has 1 aromatic carbocycles. The van der Waals surface area contributed by atoms with Crippen LogP contribution in [-0.4, -0.2) is 17.4 Å². The van der Waals surface area contributed by atoms with Crippen molar-refractivity contribution >= 4 is 36.4 Å². The zero-order chi connectivity index (χ0) is 13.7. The molecule has 7 heteroatoms. The van der Waals surface area contributed by atoms with Gasteiger partial charge in [-0.15, -0.1) is 24.8 Å². The van der Waals surface area contributed by atoms with Crippen molar-refractivity contribution in [1.29, 1.82) is 0 Å². The number of aryl methyl sites for hydroxylation is 1. The van der Waals surface area contributed by atoms with Crippen molar-refractivity contribution in [3.05, 3.63) is 47.7 Å². The lowest BCUT2D eigenvalue weighted by molar-refractivity contribution is 0.0995. The number of anilines is 1. The molecule has 0 saturated heterocycles. The quantitative estimate of drug-likeness (QED) is 0.882. The molecule has 0 unspecified atom stereocenters. The number of hydrogen-bond donors (Lipinski definition) is 2. The maximum atomic E-state index is 12.1. The van der Waals surface area contributed by atoms with Gasteiger partial charge in [-0.1, -0.05) is 25.1 Å². The van der Waals surface area contributed by atoms with Crippen LogP contribution in [0.15, 0.2) is 35.1 Å². The number of para-hydroxylation sites is 1. The third-order valence-corrected chi connectivity index (χ3v) is 2.78. The van der Waals surface area contributed by atoms with E-state index in [1.807, 2.05) is 31.2 Å². The van der Waals surface area contributed by atoms with Gasteiger partial charge in [-0.2, -0.15) is 0 Å². The van der Waals surface area contributed by atoms with Crippen LogP contribution in [0.2, 0.25) is 0 Å². The molecule has 1 amide bonds. The minimum absolute atomic E-state index is 0. The molecule has 2 aromatic rings. The molecule has 1 heterocycles. The van der Waals surface area contributed by atoms with Crippen LogP contribution in [0.25, 0.3) is 0 Å². The highest BCUT2D eigenvalue weighted by Gasteiger charge is 2.15. The molecule has 21 heavy (non-hydrogen) atoms.